The Labute approximate surface area is 216 Å². The van der Waals surface area contributed by atoms with Crippen molar-refractivity contribution in [2.24, 2.45) is 0 Å². The number of sulfonamides is 1. The van der Waals surface area contributed by atoms with Crippen LogP contribution in [0.5, 0.6) is 0 Å². The van der Waals surface area contributed by atoms with Crippen LogP contribution in [0.1, 0.15) is 63.6 Å². The molecule has 0 aliphatic heterocycles. The molecule has 0 aliphatic carbocycles. The van der Waals surface area contributed by atoms with Crippen LogP contribution in [0.4, 0.5) is 5.69 Å². The minimum Gasteiger partial charge on any atom is -0.350 e. The maximum absolute atomic E-state index is 13.5. The largest absolute Gasteiger partial charge is 0.350 e. The van der Waals surface area contributed by atoms with E-state index in [2.05, 4.69) is 5.32 Å². The molecule has 36 heavy (non-hydrogen) atoms. The summed E-state index contributed by atoms with van der Waals surface area (Å²) in [7, 11) is -3.53. The summed E-state index contributed by atoms with van der Waals surface area (Å²) in [4.78, 5) is 28.2. The van der Waals surface area contributed by atoms with Gasteiger partial charge in [-0.1, -0.05) is 49.4 Å². The smallest absolute Gasteiger partial charge is 0.243 e. The second-order valence-electron chi connectivity index (χ2n) is 10.3. The first kappa shape index (κ1) is 29.4. The Morgan fingerprint density at radius 1 is 1.00 bits per heavy atom. The van der Waals surface area contributed by atoms with Gasteiger partial charge in [0.1, 0.15) is 6.04 Å². The highest BCUT2D eigenvalue weighted by Gasteiger charge is 2.30. The van der Waals surface area contributed by atoms with Gasteiger partial charge in [-0.2, -0.15) is 0 Å². The zero-order valence-corrected chi connectivity index (χ0v) is 23.5. The number of nitrogens with zero attached hydrogens (tertiary/aromatic N) is 2. The van der Waals surface area contributed by atoms with Gasteiger partial charge < -0.3 is 10.2 Å². The highest BCUT2D eigenvalue weighted by atomic mass is 32.2. The molecule has 0 saturated carbocycles. The van der Waals surface area contributed by atoms with Gasteiger partial charge in [-0.25, -0.2) is 8.42 Å². The first-order chi connectivity index (χ1) is 16.7. The first-order valence-corrected chi connectivity index (χ1v) is 14.3. The summed E-state index contributed by atoms with van der Waals surface area (Å²) in [6, 6.07) is 14.5. The third kappa shape index (κ3) is 8.36. The fraction of sp³-hybridized carbons (Fsp3) is 0.500. The first-order valence-electron chi connectivity index (χ1n) is 12.4. The number of amides is 2. The van der Waals surface area contributed by atoms with Crippen LogP contribution in [0, 0.1) is 13.8 Å². The van der Waals surface area contributed by atoms with Gasteiger partial charge in [-0.3, -0.25) is 13.9 Å². The fourth-order valence-corrected chi connectivity index (χ4v) is 5.16. The molecule has 0 spiro atoms. The normalized spacial score (nSPS) is 12.6. The Morgan fingerprint density at radius 3 is 2.19 bits per heavy atom. The molecule has 1 atom stereocenters. The lowest BCUT2D eigenvalue weighted by molar-refractivity contribution is -0.142. The van der Waals surface area contributed by atoms with Crippen molar-refractivity contribution in [3.8, 4) is 0 Å². The molecule has 2 aromatic rings. The summed E-state index contributed by atoms with van der Waals surface area (Å²) in [5.41, 5.74) is 3.03. The zero-order valence-electron chi connectivity index (χ0n) is 22.7. The van der Waals surface area contributed by atoms with Gasteiger partial charge in [0, 0.05) is 25.0 Å². The minimum absolute atomic E-state index is 0.128. The molecular formula is C28H41N3O4S. The summed E-state index contributed by atoms with van der Waals surface area (Å²) in [6.45, 7) is 12.0. The maximum atomic E-state index is 13.5. The van der Waals surface area contributed by atoms with Crippen molar-refractivity contribution in [2.75, 3.05) is 17.1 Å². The number of carbonyl (C=O) groups excluding carboxylic acids is 2. The maximum Gasteiger partial charge on any atom is 0.243 e. The molecule has 0 fully saturated rings. The summed E-state index contributed by atoms with van der Waals surface area (Å²) >= 11 is 0. The zero-order chi connectivity index (χ0) is 27.1. The Morgan fingerprint density at radius 2 is 1.64 bits per heavy atom. The van der Waals surface area contributed by atoms with Crippen LogP contribution in [0.3, 0.4) is 0 Å². The van der Waals surface area contributed by atoms with E-state index in [0.717, 1.165) is 16.7 Å². The molecule has 0 bridgehead atoms. The van der Waals surface area contributed by atoms with Crippen molar-refractivity contribution >= 4 is 27.5 Å². The summed E-state index contributed by atoms with van der Waals surface area (Å²) in [6.07, 6.45) is 2.12. The van der Waals surface area contributed by atoms with E-state index >= 15 is 0 Å². The predicted octanol–water partition coefficient (Wildman–Crippen LogP) is 4.57. The topological polar surface area (TPSA) is 86.8 Å². The van der Waals surface area contributed by atoms with E-state index in [1.54, 1.807) is 11.0 Å². The standard InChI is InChI=1S/C28H41N3O4S/c1-8-24(27(33)29-28(4,5)6)30(20-23-15-10-9-11-16-23)26(32)18-13-19-31(36(7,34)35)25-17-12-14-21(2)22(25)3/h9-12,14-17,24H,8,13,18-20H2,1-7H3,(H,29,33)/t24-/m0/s1. The number of hydrogen-bond acceptors (Lipinski definition) is 4. The van der Waals surface area contributed by atoms with E-state index in [0.29, 0.717) is 25.1 Å². The molecule has 0 unspecified atom stereocenters. The molecule has 1 N–H and O–H groups in total. The van der Waals surface area contributed by atoms with Crippen LogP contribution < -0.4 is 9.62 Å². The molecule has 2 aromatic carbocycles. The van der Waals surface area contributed by atoms with Crippen molar-refractivity contribution in [1.29, 1.82) is 0 Å². The van der Waals surface area contributed by atoms with Gasteiger partial charge in [-0.05, 0) is 70.2 Å². The van der Waals surface area contributed by atoms with Gasteiger partial charge in [0.25, 0.3) is 0 Å². The van der Waals surface area contributed by atoms with Crippen LogP contribution in [-0.4, -0.2) is 49.5 Å². The van der Waals surface area contributed by atoms with Crippen LogP contribution >= 0.6 is 0 Å². The lowest BCUT2D eigenvalue weighted by atomic mass is 10.0. The highest BCUT2D eigenvalue weighted by Crippen LogP contribution is 2.25. The monoisotopic (exact) mass is 515 g/mol. The molecular weight excluding hydrogens is 474 g/mol. The average molecular weight is 516 g/mol. The Balaban J connectivity index is 2.24. The van der Waals surface area contributed by atoms with Crippen molar-refractivity contribution in [3.63, 3.8) is 0 Å². The van der Waals surface area contributed by atoms with E-state index in [4.69, 9.17) is 0 Å². The van der Waals surface area contributed by atoms with Crippen LogP contribution in [0.25, 0.3) is 0 Å². The minimum atomic E-state index is -3.53. The van der Waals surface area contributed by atoms with Crippen molar-refractivity contribution in [2.45, 2.75) is 78.9 Å². The predicted molar refractivity (Wildman–Crippen MR) is 146 cm³/mol. The molecule has 0 heterocycles. The third-order valence-electron chi connectivity index (χ3n) is 6.08. The Bertz CT molecular complexity index is 1140. The Hall–Kier alpha value is -2.87. The number of anilines is 1. The van der Waals surface area contributed by atoms with Crippen LogP contribution in [0.15, 0.2) is 48.5 Å². The van der Waals surface area contributed by atoms with Gasteiger partial charge in [0.05, 0.1) is 11.9 Å². The molecule has 198 valence electrons. The van der Waals surface area contributed by atoms with E-state index in [-0.39, 0.29) is 24.8 Å². The number of aryl methyl sites for hydroxylation is 1. The second kappa shape index (κ2) is 12.4. The van der Waals surface area contributed by atoms with E-state index in [9.17, 15) is 18.0 Å². The van der Waals surface area contributed by atoms with Gasteiger partial charge in [0.2, 0.25) is 21.8 Å². The highest BCUT2D eigenvalue weighted by molar-refractivity contribution is 7.92. The van der Waals surface area contributed by atoms with Crippen LogP contribution in [0.2, 0.25) is 0 Å². The SMILES string of the molecule is CC[C@@H](C(=O)NC(C)(C)C)N(Cc1ccccc1)C(=O)CCCN(c1cccc(C)c1C)S(C)(=O)=O. The quantitative estimate of drug-likeness (QED) is 0.475. The molecule has 7 nitrogen and oxygen atoms in total. The van der Waals surface area contributed by atoms with Crippen molar-refractivity contribution in [1.82, 2.24) is 10.2 Å². The molecule has 0 radical (unpaired) electrons. The van der Waals surface area contributed by atoms with Gasteiger partial charge >= 0.3 is 0 Å². The fourth-order valence-electron chi connectivity index (χ4n) is 4.14. The summed E-state index contributed by atoms with van der Waals surface area (Å²) in [5, 5.41) is 3.00. The lowest BCUT2D eigenvalue weighted by Gasteiger charge is -2.33. The number of nitrogens with one attached hydrogen (secondary N) is 1. The molecule has 0 saturated heterocycles. The van der Waals surface area contributed by atoms with Gasteiger partial charge in [-0.15, -0.1) is 0 Å². The molecule has 2 rings (SSSR count). The third-order valence-corrected chi connectivity index (χ3v) is 7.26. The second-order valence-corrected chi connectivity index (χ2v) is 12.2. The van der Waals surface area contributed by atoms with Gasteiger partial charge in [0.15, 0.2) is 0 Å². The molecule has 0 aliphatic rings. The molecule has 2 amide bonds. The van der Waals surface area contributed by atoms with Crippen LogP contribution in [-0.2, 0) is 26.2 Å². The summed E-state index contributed by atoms with van der Waals surface area (Å²) in [5.74, 6) is -0.369. The summed E-state index contributed by atoms with van der Waals surface area (Å²) < 4.78 is 26.6. The molecule has 0 aromatic heterocycles. The number of rotatable bonds is 11. The van der Waals surface area contributed by atoms with E-state index in [1.165, 1.54) is 10.6 Å². The average Bonchev–Trinajstić information content (AvgIpc) is 2.77. The van der Waals surface area contributed by atoms with E-state index in [1.807, 2.05) is 84.0 Å². The Kier molecular flexibility index (Phi) is 10.1. The lowest BCUT2D eigenvalue weighted by Crippen LogP contribution is -2.53. The number of carbonyl (C=O) groups is 2. The van der Waals surface area contributed by atoms with E-state index < -0.39 is 21.6 Å². The molecule has 8 heteroatoms. The van der Waals surface area contributed by atoms with Crippen molar-refractivity contribution < 1.29 is 18.0 Å². The number of benzene rings is 2. The number of hydrogen-bond donors (Lipinski definition) is 1. The van der Waals surface area contributed by atoms with Crippen molar-refractivity contribution in [3.05, 3.63) is 65.2 Å².